The smallest absolute Gasteiger partial charge is 0.0440 e. The summed E-state index contributed by atoms with van der Waals surface area (Å²) in [4.78, 5) is 2.56. The molecule has 0 amide bonds. The van der Waals surface area contributed by atoms with Crippen LogP contribution in [-0.2, 0) is 13.0 Å². The first-order valence-electron chi connectivity index (χ1n) is 7.45. The largest absolute Gasteiger partial charge is 0.364 e. The van der Waals surface area contributed by atoms with E-state index in [-0.39, 0.29) is 6.04 Å². The Labute approximate surface area is 139 Å². The average Bonchev–Trinajstić information content (AvgIpc) is 3.14. The first-order chi connectivity index (χ1) is 10.1. The van der Waals surface area contributed by atoms with E-state index in [0.29, 0.717) is 6.04 Å². The highest BCUT2D eigenvalue weighted by Gasteiger charge is 2.30. The van der Waals surface area contributed by atoms with E-state index < -0.39 is 0 Å². The van der Waals surface area contributed by atoms with Crippen LogP contribution in [0.25, 0.3) is 0 Å². The number of thiophene rings is 1. The van der Waals surface area contributed by atoms with E-state index in [0.717, 1.165) is 17.4 Å². The van der Waals surface area contributed by atoms with Gasteiger partial charge in [0.05, 0.1) is 0 Å². The highest BCUT2D eigenvalue weighted by Crippen LogP contribution is 2.36. The number of anilines is 1. The van der Waals surface area contributed by atoms with Crippen molar-refractivity contribution in [1.82, 2.24) is 0 Å². The van der Waals surface area contributed by atoms with Gasteiger partial charge in [-0.15, -0.1) is 0 Å². The number of nitrogens with zero attached hydrogens (tertiary/aromatic N) is 1. The molecule has 112 valence electrons. The maximum Gasteiger partial charge on any atom is 0.0440 e. The van der Waals surface area contributed by atoms with Crippen molar-refractivity contribution < 1.29 is 0 Å². The van der Waals surface area contributed by atoms with Gasteiger partial charge in [-0.25, -0.2) is 0 Å². The third-order valence-corrected chi connectivity index (χ3v) is 5.04. The second-order valence-electron chi connectivity index (χ2n) is 5.95. The van der Waals surface area contributed by atoms with Crippen molar-refractivity contribution in [2.75, 3.05) is 4.90 Å². The molecule has 1 aliphatic carbocycles. The van der Waals surface area contributed by atoms with Crippen molar-refractivity contribution in [1.29, 1.82) is 0 Å². The van der Waals surface area contributed by atoms with Gasteiger partial charge in [0.15, 0.2) is 0 Å². The van der Waals surface area contributed by atoms with Gasteiger partial charge in [-0.3, -0.25) is 0 Å². The molecule has 2 aromatic rings. The van der Waals surface area contributed by atoms with Crippen molar-refractivity contribution >= 4 is 33.0 Å². The third-order valence-electron chi connectivity index (χ3n) is 3.81. The zero-order valence-electron chi connectivity index (χ0n) is 12.3. The minimum atomic E-state index is 0.181. The Kier molecular flexibility index (Phi) is 4.67. The van der Waals surface area contributed by atoms with Gasteiger partial charge in [0, 0.05) is 28.8 Å². The molecule has 3 rings (SSSR count). The standard InChI is InChI=1S/C17H21BrN2S/c1-12(19)8-14-9-15(18)2-5-17(14)20(16-3-4-16)10-13-6-7-21-11-13/h2,5-7,9,11-12,16H,3-4,8,10,19H2,1H3. The predicted molar refractivity (Wildman–Crippen MR) is 95.0 cm³/mol. The minimum absolute atomic E-state index is 0.181. The number of hydrogen-bond donors (Lipinski definition) is 1. The molecule has 21 heavy (non-hydrogen) atoms. The van der Waals surface area contributed by atoms with Crippen LogP contribution in [0.15, 0.2) is 39.5 Å². The summed E-state index contributed by atoms with van der Waals surface area (Å²) in [5.74, 6) is 0. The van der Waals surface area contributed by atoms with E-state index in [1.807, 2.05) is 0 Å². The second-order valence-corrected chi connectivity index (χ2v) is 7.64. The highest BCUT2D eigenvalue weighted by atomic mass is 79.9. The topological polar surface area (TPSA) is 29.3 Å². The maximum absolute atomic E-state index is 6.04. The lowest BCUT2D eigenvalue weighted by molar-refractivity contribution is 0.724. The van der Waals surface area contributed by atoms with Gasteiger partial charge in [0.2, 0.25) is 0 Å². The van der Waals surface area contributed by atoms with Crippen LogP contribution in [0.2, 0.25) is 0 Å². The molecule has 1 aromatic carbocycles. The summed E-state index contributed by atoms with van der Waals surface area (Å²) in [6.07, 6.45) is 3.53. The number of benzene rings is 1. The normalized spacial score (nSPS) is 16.0. The van der Waals surface area contributed by atoms with E-state index in [1.165, 1.54) is 29.7 Å². The molecular weight excluding hydrogens is 344 g/mol. The Balaban J connectivity index is 1.91. The van der Waals surface area contributed by atoms with Gasteiger partial charge in [-0.05, 0) is 72.3 Å². The van der Waals surface area contributed by atoms with E-state index in [1.54, 1.807) is 11.3 Å². The molecule has 0 aliphatic heterocycles. The summed E-state index contributed by atoms with van der Waals surface area (Å²) in [6.45, 7) is 3.08. The molecule has 0 radical (unpaired) electrons. The first-order valence-corrected chi connectivity index (χ1v) is 9.19. The SMILES string of the molecule is CC(N)Cc1cc(Br)ccc1N(Cc1ccsc1)C1CC1. The van der Waals surface area contributed by atoms with Gasteiger partial charge in [0.1, 0.15) is 0 Å². The lowest BCUT2D eigenvalue weighted by Gasteiger charge is -2.27. The van der Waals surface area contributed by atoms with Crippen LogP contribution in [0.4, 0.5) is 5.69 Å². The van der Waals surface area contributed by atoms with Crippen LogP contribution in [0.3, 0.4) is 0 Å². The Bertz CT molecular complexity index is 591. The number of rotatable bonds is 6. The van der Waals surface area contributed by atoms with Crippen LogP contribution in [0.5, 0.6) is 0 Å². The molecule has 4 heteroatoms. The monoisotopic (exact) mass is 364 g/mol. The molecular formula is C17H21BrN2S. The maximum atomic E-state index is 6.04. The van der Waals surface area contributed by atoms with Crippen molar-refractivity contribution in [3.8, 4) is 0 Å². The Morgan fingerprint density at radius 1 is 1.38 bits per heavy atom. The Hall–Kier alpha value is -0.840. The summed E-state index contributed by atoms with van der Waals surface area (Å²) in [5, 5.41) is 4.41. The number of hydrogen-bond acceptors (Lipinski definition) is 3. The quantitative estimate of drug-likeness (QED) is 0.813. The van der Waals surface area contributed by atoms with Crippen molar-refractivity contribution in [3.05, 3.63) is 50.6 Å². The highest BCUT2D eigenvalue weighted by molar-refractivity contribution is 9.10. The molecule has 1 aliphatic rings. The van der Waals surface area contributed by atoms with E-state index in [4.69, 9.17) is 5.73 Å². The molecule has 1 aromatic heterocycles. The lowest BCUT2D eigenvalue weighted by atomic mass is 10.0. The van der Waals surface area contributed by atoms with Gasteiger partial charge in [0.25, 0.3) is 0 Å². The zero-order chi connectivity index (χ0) is 14.8. The van der Waals surface area contributed by atoms with Crippen LogP contribution < -0.4 is 10.6 Å². The molecule has 1 unspecified atom stereocenters. The number of nitrogens with two attached hydrogens (primary N) is 1. The molecule has 1 heterocycles. The van der Waals surface area contributed by atoms with Crippen LogP contribution in [0.1, 0.15) is 30.9 Å². The fraction of sp³-hybridized carbons (Fsp3) is 0.412. The molecule has 1 fully saturated rings. The molecule has 2 nitrogen and oxygen atoms in total. The van der Waals surface area contributed by atoms with Crippen molar-refractivity contribution in [2.45, 2.75) is 44.8 Å². The van der Waals surface area contributed by atoms with Crippen LogP contribution in [-0.4, -0.2) is 12.1 Å². The van der Waals surface area contributed by atoms with Crippen molar-refractivity contribution in [3.63, 3.8) is 0 Å². The van der Waals surface area contributed by atoms with E-state index in [9.17, 15) is 0 Å². The second kappa shape index (κ2) is 6.51. The van der Waals surface area contributed by atoms with Gasteiger partial charge >= 0.3 is 0 Å². The van der Waals surface area contributed by atoms with Gasteiger partial charge in [-0.1, -0.05) is 15.9 Å². The summed E-state index contributed by atoms with van der Waals surface area (Å²) in [6, 6.07) is 9.71. The fourth-order valence-electron chi connectivity index (χ4n) is 2.72. The summed E-state index contributed by atoms with van der Waals surface area (Å²) in [5.41, 5.74) is 10.1. The lowest BCUT2D eigenvalue weighted by Crippen LogP contribution is -2.27. The molecule has 0 spiro atoms. The zero-order valence-corrected chi connectivity index (χ0v) is 14.7. The van der Waals surface area contributed by atoms with Crippen LogP contribution in [0, 0.1) is 0 Å². The average molecular weight is 365 g/mol. The molecule has 0 bridgehead atoms. The summed E-state index contributed by atoms with van der Waals surface area (Å²) in [7, 11) is 0. The Morgan fingerprint density at radius 2 is 2.19 bits per heavy atom. The molecule has 1 atom stereocenters. The first kappa shape index (κ1) is 15.1. The van der Waals surface area contributed by atoms with Crippen molar-refractivity contribution in [2.24, 2.45) is 5.73 Å². The minimum Gasteiger partial charge on any atom is -0.364 e. The van der Waals surface area contributed by atoms with Gasteiger partial charge in [-0.2, -0.15) is 11.3 Å². The molecule has 2 N–H and O–H groups in total. The summed E-state index contributed by atoms with van der Waals surface area (Å²) >= 11 is 5.36. The summed E-state index contributed by atoms with van der Waals surface area (Å²) < 4.78 is 1.13. The van der Waals surface area contributed by atoms with E-state index >= 15 is 0 Å². The molecule has 0 saturated heterocycles. The fourth-order valence-corrected chi connectivity index (χ4v) is 3.79. The van der Waals surface area contributed by atoms with E-state index in [2.05, 4.69) is 62.8 Å². The van der Waals surface area contributed by atoms with Gasteiger partial charge < -0.3 is 10.6 Å². The predicted octanol–water partition coefficient (Wildman–Crippen LogP) is 4.57. The van der Waals surface area contributed by atoms with Crippen LogP contribution >= 0.6 is 27.3 Å². The molecule has 1 saturated carbocycles. The third kappa shape index (κ3) is 3.87. The Morgan fingerprint density at radius 3 is 2.81 bits per heavy atom. The number of halogens is 1.